The van der Waals surface area contributed by atoms with Crippen LogP contribution in [0.4, 0.5) is 0 Å². The van der Waals surface area contributed by atoms with Crippen LogP contribution in [-0.4, -0.2) is 21.8 Å². The van der Waals surface area contributed by atoms with Gasteiger partial charge in [-0.3, -0.25) is 9.78 Å². The highest BCUT2D eigenvalue weighted by Gasteiger charge is 2.11. The van der Waals surface area contributed by atoms with Gasteiger partial charge in [0, 0.05) is 22.7 Å². The van der Waals surface area contributed by atoms with Crippen LogP contribution in [0.2, 0.25) is 0 Å². The first-order valence-corrected chi connectivity index (χ1v) is 6.38. The van der Waals surface area contributed by atoms with Crippen LogP contribution in [0.15, 0.2) is 60.8 Å². The molecule has 0 unspecified atom stereocenters. The molecule has 1 heterocycles. The van der Waals surface area contributed by atoms with E-state index in [0.29, 0.717) is 11.1 Å². The zero-order chi connectivity index (χ0) is 14.8. The average molecular weight is 277 g/mol. The summed E-state index contributed by atoms with van der Waals surface area (Å²) in [4.78, 5) is 27.4. The number of hydrogen-bond donors (Lipinski definition) is 1. The van der Waals surface area contributed by atoms with Crippen molar-refractivity contribution < 1.29 is 14.7 Å². The highest BCUT2D eigenvalue weighted by Crippen LogP contribution is 2.16. The molecule has 1 N–H and O–H groups in total. The maximum atomic E-state index is 12.4. The van der Waals surface area contributed by atoms with Crippen molar-refractivity contribution in [1.29, 1.82) is 0 Å². The molecule has 0 aliphatic heterocycles. The van der Waals surface area contributed by atoms with Crippen molar-refractivity contribution in [3.05, 3.63) is 77.5 Å². The number of fused-ring (bicyclic) bond motifs is 1. The Hall–Kier alpha value is -3.01. The molecule has 4 heteroatoms. The number of benzene rings is 2. The molecule has 1 aromatic heterocycles. The number of aromatic carboxylic acids is 1. The predicted molar refractivity (Wildman–Crippen MR) is 78.6 cm³/mol. The number of rotatable bonds is 3. The molecule has 21 heavy (non-hydrogen) atoms. The summed E-state index contributed by atoms with van der Waals surface area (Å²) in [7, 11) is 0. The third kappa shape index (κ3) is 2.51. The number of carboxylic acid groups (broad SMARTS) is 1. The summed E-state index contributed by atoms with van der Waals surface area (Å²) in [5.41, 5.74) is 1.91. The largest absolute Gasteiger partial charge is 0.478 e. The summed E-state index contributed by atoms with van der Waals surface area (Å²) < 4.78 is 0. The van der Waals surface area contributed by atoms with E-state index in [0.717, 1.165) is 10.9 Å². The second-order valence-electron chi connectivity index (χ2n) is 4.63. The molecule has 3 rings (SSSR count). The molecule has 0 aliphatic rings. The average Bonchev–Trinajstić information content (AvgIpc) is 2.54. The van der Waals surface area contributed by atoms with Crippen molar-refractivity contribution in [3.8, 4) is 0 Å². The van der Waals surface area contributed by atoms with Crippen molar-refractivity contribution in [2.75, 3.05) is 0 Å². The Labute approximate surface area is 120 Å². The van der Waals surface area contributed by atoms with E-state index in [1.165, 1.54) is 30.5 Å². The van der Waals surface area contributed by atoms with Crippen LogP contribution < -0.4 is 0 Å². The van der Waals surface area contributed by atoms with Crippen LogP contribution in [0.25, 0.3) is 10.9 Å². The van der Waals surface area contributed by atoms with Gasteiger partial charge in [-0.05, 0) is 24.3 Å². The van der Waals surface area contributed by atoms with Crippen LogP contribution in [-0.2, 0) is 0 Å². The number of carboxylic acids is 1. The number of ketones is 1. The first-order valence-electron chi connectivity index (χ1n) is 6.38. The van der Waals surface area contributed by atoms with Gasteiger partial charge >= 0.3 is 5.97 Å². The first-order chi connectivity index (χ1) is 10.1. The fraction of sp³-hybridized carbons (Fsp3) is 0. The summed E-state index contributed by atoms with van der Waals surface area (Å²) in [5.74, 6) is -1.19. The lowest BCUT2D eigenvalue weighted by Crippen LogP contribution is -2.03. The Balaban J connectivity index is 1.97. The molecule has 102 valence electrons. The molecular formula is C17H11NO3. The molecule has 0 amide bonds. The number of pyridine rings is 1. The van der Waals surface area contributed by atoms with Crippen LogP contribution in [0.3, 0.4) is 0 Å². The quantitative estimate of drug-likeness (QED) is 0.747. The molecule has 3 aromatic rings. The van der Waals surface area contributed by atoms with Crippen molar-refractivity contribution in [1.82, 2.24) is 4.98 Å². The third-order valence-corrected chi connectivity index (χ3v) is 3.25. The summed E-state index contributed by atoms with van der Waals surface area (Å²) in [6.45, 7) is 0. The number of nitrogens with zero attached hydrogens (tertiary/aromatic N) is 1. The lowest BCUT2D eigenvalue weighted by atomic mass is 10.0. The molecular weight excluding hydrogens is 266 g/mol. The normalized spacial score (nSPS) is 10.5. The van der Waals surface area contributed by atoms with Gasteiger partial charge in [0.25, 0.3) is 0 Å². The van der Waals surface area contributed by atoms with E-state index in [1.807, 2.05) is 24.3 Å². The number of carbonyl (C=O) groups excluding carboxylic acids is 1. The second kappa shape index (κ2) is 5.17. The van der Waals surface area contributed by atoms with Gasteiger partial charge in [0.1, 0.15) is 0 Å². The van der Waals surface area contributed by atoms with E-state index >= 15 is 0 Å². The summed E-state index contributed by atoms with van der Waals surface area (Å²) in [6, 6.07) is 15.2. The van der Waals surface area contributed by atoms with Gasteiger partial charge in [-0.1, -0.05) is 30.3 Å². The Morgan fingerprint density at radius 2 is 1.52 bits per heavy atom. The van der Waals surface area contributed by atoms with Crippen molar-refractivity contribution >= 4 is 22.7 Å². The zero-order valence-electron chi connectivity index (χ0n) is 11.0. The number of hydrogen-bond acceptors (Lipinski definition) is 3. The van der Waals surface area contributed by atoms with Crippen LogP contribution in [0.5, 0.6) is 0 Å². The van der Waals surface area contributed by atoms with Gasteiger partial charge in [-0.15, -0.1) is 0 Å². The minimum atomic E-state index is -1.01. The second-order valence-corrected chi connectivity index (χ2v) is 4.63. The molecule has 0 radical (unpaired) electrons. The topological polar surface area (TPSA) is 67.3 Å². The summed E-state index contributed by atoms with van der Waals surface area (Å²) in [6.07, 6.45) is 1.54. The number of carbonyl (C=O) groups is 2. The van der Waals surface area contributed by atoms with Crippen molar-refractivity contribution in [3.63, 3.8) is 0 Å². The number of para-hydroxylation sites is 1. The standard InChI is InChI=1S/C17H11NO3/c19-16(11-5-7-12(8-6-11)17(20)21)14-9-13-3-1-2-4-15(13)18-10-14/h1-10H,(H,20,21). The van der Waals surface area contributed by atoms with E-state index in [1.54, 1.807) is 6.07 Å². The van der Waals surface area contributed by atoms with Gasteiger partial charge in [-0.25, -0.2) is 4.79 Å². The van der Waals surface area contributed by atoms with Crippen molar-refractivity contribution in [2.24, 2.45) is 0 Å². The SMILES string of the molecule is O=C(O)c1ccc(C(=O)c2cnc3ccccc3c2)cc1. The summed E-state index contributed by atoms with van der Waals surface area (Å²) in [5, 5.41) is 9.75. The van der Waals surface area contributed by atoms with Crippen LogP contribution >= 0.6 is 0 Å². The van der Waals surface area contributed by atoms with Crippen LogP contribution in [0, 0.1) is 0 Å². The molecule has 0 bridgehead atoms. The van der Waals surface area contributed by atoms with Gasteiger partial charge in [0.05, 0.1) is 11.1 Å². The first kappa shape index (κ1) is 13.0. The van der Waals surface area contributed by atoms with Gasteiger partial charge in [0.15, 0.2) is 5.78 Å². The lowest BCUT2D eigenvalue weighted by molar-refractivity contribution is 0.0696. The molecule has 0 atom stereocenters. The predicted octanol–water partition coefficient (Wildman–Crippen LogP) is 3.16. The Bertz CT molecular complexity index is 838. The maximum Gasteiger partial charge on any atom is 0.335 e. The molecule has 0 fully saturated rings. The minimum absolute atomic E-state index is 0.156. The Morgan fingerprint density at radius 3 is 2.24 bits per heavy atom. The van der Waals surface area contributed by atoms with E-state index in [9.17, 15) is 9.59 Å². The molecule has 2 aromatic carbocycles. The molecule has 0 aliphatic carbocycles. The van der Waals surface area contributed by atoms with Crippen molar-refractivity contribution in [2.45, 2.75) is 0 Å². The van der Waals surface area contributed by atoms with E-state index < -0.39 is 5.97 Å². The smallest absolute Gasteiger partial charge is 0.335 e. The number of aromatic nitrogens is 1. The fourth-order valence-corrected chi connectivity index (χ4v) is 2.13. The summed E-state index contributed by atoms with van der Waals surface area (Å²) >= 11 is 0. The monoisotopic (exact) mass is 277 g/mol. The van der Waals surface area contributed by atoms with Gasteiger partial charge in [0.2, 0.25) is 0 Å². The fourth-order valence-electron chi connectivity index (χ4n) is 2.13. The highest BCUT2D eigenvalue weighted by molar-refractivity contribution is 6.10. The molecule has 4 nitrogen and oxygen atoms in total. The Kier molecular flexibility index (Phi) is 3.20. The van der Waals surface area contributed by atoms with E-state index in [-0.39, 0.29) is 11.3 Å². The Morgan fingerprint density at radius 1 is 0.857 bits per heavy atom. The maximum absolute atomic E-state index is 12.4. The van der Waals surface area contributed by atoms with Crippen LogP contribution in [0.1, 0.15) is 26.3 Å². The van der Waals surface area contributed by atoms with Gasteiger partial charge in [-0.2, -0.15) is 0 Å². The van der Waals surface area contributed by atoms with E-state index in [4.69, 9.17) is 5.11 Å². The third-order valence-electron chi connectivity index (χ3n) is 3.25. The van der Waals surface area contributed by atoms with Gasteiger partial charge < -0.3 is 5.11 Å². The molecule has 0 spiro atoms. The highest BCUT2D eigenvalue weighted by atomic mass is 16.4. The zero-order valence-corrected chi connectivity index (χ0v) is 11.0. The van der Waals surface area contributed by atoms with E-state index in [2.05, 4.69) is 4.98 Å². The molecule has 0 saturated heterocycles. The minimum Gasteiger partial charge on any atom is -0.478 e. The lowest BCUT2D eigenvalue weighted by Gasteiger charge is -2.03. The molecule has 0 saturated carbocycles.